The van der Waals surface area contributed by atoms with Gasteiger partial charge in [0.15, 0.2) is 0 Å². The third-order valence-corrected chi connectivity index (χ3v) is 6.64. The minimum absolute atomic E-state index is 0.158. The lowest BCUT2D eigenvalue weighted by Crippen LogP contribution is -2.27. The van der Waals surface area contributed by atoms with E-state index in [4.69, 9.17) is 0 Å². The third kappa shape index (κ3) is 3.92. The second-order valence-corrected chi connectivity index (χ2v) is 9.05. The van der Waals surface area contributed by atoms with Gasteiger partial charge in [0.2, 0.25) is 0 Å². The fraction of sp³-hybridized carbons (Fsp3) is 0.143. The average Bonchev–Trinajstić information content (AvgIpc) is 3.29. The quantitative estimate of drug-likeness (QED) is 0.353. The zero-order valence-electron chi connectivity index (χ0n) is 20.1. The maximum atomic E-state index is 13.3. The van der Waals surface area contributed by atoms with E-state index in [1.54, 1.807) is 36.4 Å². The number of alkyl halides is 3. The van der Waals surface area contributed by atoms with Gasteiger partial charge in [-0.3, -0.25) is 28.3 Å². The van der Waals surface area contributed by atoms with E-state index < -0.39 is 73.2 Å². The van der Waals surface area contributed by atoms with E-state index in [0.717, 1.165) is 34.4 Å². The molecule has 0 N–H and O–H groups in total. The number of nitriles is 2. The van der Waals surface area contributed by atoms with Crippen molar-refractivity contribution in [1.82, 2.24) is 9.13 Å². The Morgan fingerprint density at radius 3 is 1.28 bits per heavy atom. The number of halogens is 3. The first-order valence-electron chi connectivity index (χ1n) is 11.5. The summed E-state index contributed by atoms with van der Waals surface area (Å²) in [6.07, 6.45) is -4.58. The van der Waals surface area contributed by atoms with Crippen LogP contribution in [0.15, 0.2) is 67.7 Å². The largest absolute Gasteiger partial charge is 0.416 e. The van der Waals surface area contributed by atoms with Gasteiger partial charge in [0.05, 0.1) is 51.3 Å². The maximum Gasteiger partial charge on any atom is 0.416 e. The fourth-order valence-electron chi connectivity index (χ4n) is 4.70. The number of benzene rings is 3. The van der Waals surface area contributed by atoms with Gasteiger partial charge in [-0.1, -0.05) is 42.0 Å². The van der Waals surface area contributed by atoms with Crippen molar-refractivity contribution in [2.24, 2.45) is 0 Å². The molecule has 0 bridgehead atoms. The van der Waals surface area contributed by atoms with E-state index in [1.165, 1.54) is 0 Å². The molecular formula is C28H15F3N4O4. The lowest BCUT2D eigenvalue weighted by molar-refractivity contribution is -0.137. The van der Waals surface area contributed by atoms with E-state index in [0.29, 0.717) is 10.1 Å². The predicted octanol–water partition coefficient (Wildman–Crippen LogP) is 3.08. The van der Waals surface area contributed by atoms with Crippen LogP contribution >= 0.6 is 0 Å². The summed E-state index contributed by atoms with van der Waals surface area (Å²) in [6.45, 7) is 1.25. The number of hydrogen-bond acceptors (Lipinski definition) is 6. The number of fused-ring (bicyclic) bond motifs is 2. The molecule has 0 saturated heterocycles. The normalized spacial score (nSPS) is 11.6. The molecule has 0 atom stereocenters. The summed E-state index contributed by atoms with van der Waals surface area (Å²) in [4.78, 5) is 53.4. The first-order chi connectivity index (χ1) is 18.5. The highest BCUT2D eigenvalue weighted by Crippen LogP contribution is 2.29. The zero-order chi connectivity index (χ0) is 28.2. The van der Waals surface area contributed by atoms with Crippen LogP contribution in [0.25, 0.3) is 21.5 Å². The van der Waals surface area contributed by atoms with Crippen molar-refractivity contribution in [3.05, 3.63) is 123 Å². The Bertz CT molecular complexity index is 2000. The van der Waals surface area contributed by atoms with Crippen molar-refractivity contribution in [3.63, 3.8) is 0 Å². The molecule has 0 amide bonds. The van der Waals surface area contributed by atoms with Crippen molar-refractivity contribution >= 4 is 21.5 Å². The van der Waals surface area contributed by atoms with E-state index in [9.17, 15) is 42.9 Å². The Labute approximate surface area is 216 Å². The first-order valence-corrected chi connectivity index (χ1v) is 11.5. The Hall–Kier alpha value is -5.29. The summed E-state index contributed by atoms with van der Waals surface area (Å²) in [6, 6.07) is 14.3. The second kappa shape index (κ2) is 8.92. The Morgan fingerprint density at radius 2 is 0.974 bits per heavy atom. The second-order valence-electron chi connectivity index (χ2n) is 9.05. The van der Waals surface area contributed by atoms with E-state index in [1.807, 2.05) is 6.92 Å². The molecule has 39 heavy (non-hydrogen) atoms. The van der Waals surface area contributed by atoms with Crippen LogP contribution in [0.4, 0.5) is 13.2 Å². The Balaban J connectivity index is 1.76. The van der Waals surface area contributed by atoms with E-state index >= 15 is 0 Å². The summed E-state index contributed by atoms with van der Waals surface area (Å²) in [5.41, 5.74) is -3.95. The van der Waals surface area contributed by atoms with Crippen LogP contribution in [-0.4, -0.2) is 9.13 Å². The fourth-order valence-corrected chi connectivity index (χ4v) is 4.70. The lowest BCUT2D eigenvalue weighted by atomic mass is 9.98. The molecule has 5 rings (SSSR count). The van der Waals surface area contributed by atoms with Gasteiger partial charge in [0.25, 0.3) is 22.2 Å². The van der Waals surface area contributed by atoms with E-state index in [2.05, 4.69) is 0 Å². The van der Waals surface area contributed by atoms with Crippen molar-refractivity contribution in [3.8, 4) is 12.1 Å². The van der Waals surface area contributed by atoms with Gasteiger partial charge in [0.1, 0.15) is 12.1 Å². The molecule has 0 radical (unpaired) electrons. The smallest absolute Gasteiger partial charge is 0.270 e. The molecule has 11 heteroatoms. The van der Waals surface area contributed by atoms with Gasteiger partial charge in [-0.05, 0) is 30.2 Å². The van der Waals surface area contributed by atoms with E-state index in [-0.39, 0.29) is 12.1 Å². The van der Waals surface area contributed by atoms with Crippen molar-refractivity contribution in [2.45, 2.75) is 26.2 Å². The third-order valence-electron chi connectivity index (χ3n) is 6.64. The number of nitrogens with zero attached hydrogens (tertiary/aromatic N) is 4. The molecule has 0 aliphatic carbocycles. The van der Waals surface area contributed by atoms with Crippen molar-refractivity contribution in [1.29, 1.82) is 10.5 Å². The highest BCUT2D eigenvalue weighted by molar-refractivity contribution is 6.09. The molecule has 2 heterocycles. The summed E-state index contributed by atoms with van der Waals surface area (Å²) < 4.78 is 40.2. The molecule has 0 fully saturated rings. The van der Waals surface area contributed by atoms with Gasteiger partial charge in [-0.15, -0.1) is 0 Å². The summed E-state index contributed by atoms with van der Waals surface area (Å²) in [5.74, 6) is 0. The molecule has 0 saturated carbocycles. The van der Waals surface area contributed by atoms with Crippen LogP contribution in [0.3, 0.4) is 0 Å². The average molecular weight is 528 g/mol. The Morgan fingerprint density at radius 1 is 0.641 bits per heavy atom. The molecule has 8 nitrogen and oxygen atoms in total. The highest BCUT2D eigenvalue weighted by Gasteiger charge is 2.31. The van der Waals surface area contributed by atoms with Crippen LogP contribution in [0.5, 0.6) is 0 Å². The maximum absolute atomic E-state index is 13.3. The highest BCUT2D eigenvalue weighted by atomic mass is 19.4. The predicted molar refractivity (Wildman–Crippen MR) is 135 cm³/mol. The van der Waals surface area contributed by atoms with Gasteiger partial charge < -0.3 is 0 Å². The standard InChI is InChI=1S/C28H15F3N4O4/c1-14-2-4-15(5-3-14)12-34-24(36)20-18(10-32)22-23(19(11-33)21(20)25(34)37)27(39)35(26(22)38)13-16-6-8-17(9-7-16)28(29,30)31/h2-9H,12-13H2,1H3. The van der Waals surface area contributed by atoms with Gasteiger partial charge in [-0.2, -0.15) is 23.7 Å². The molecule has 3 aromatic carbocycles. The zero-order valence-corrected chi connectivity index (χ0v) is 20.1. The van der Waals surface area contributed by atoms with Gasteiger partial charge >= 0.3 is 6.18 Å². The van der Waals surface area contributed by atoms with Crippen molar-refractivity contribution < 1.29 is 13.2 Å². The molecule has 2 aromatic heterocycles. The molecule has 0 spiro atoms. The topological polar surface area (TPSA) is 126 Å². The molecule has 192 valence electrons. The summed E-state index contributed by atoms with van der Waals surface area (Å²) in [7, 11) is 0. The SMILES string of the molecule is Cc1ccc(Cn2c(=O)c3c(C#N)c4c(=O)n(Cc5ccc(C(F)(F)F)cc5)c(=O)c4c(C#N)c3c2=O)cc1. The minimum atomic E-state index is -4.58. The molecular weight excluding hydrogens is 513 g/mol. The van der Waals surface area contributed by atoms with Crippen LogP contribution in [-0.2, 0) is 19.3 Å². The molecule has 0 aliphatic rings. The number of aromatic nitrogens is 2. The molecule has 0 aliphatic heterocycles. The Kier molecular flexibility index (Phi) is 5.80. The summed E-state index contributed by atoms with van der Waals surface area (Å²) >= 11 is 0. The minimum Gasteiger partial charge on any atom is -0.270 e. The van der Waals surface area contributed by atoms with Crippen LogP contribution in [0.1, 0.15) is 33.4 Å². The van der Waals surface area contributed by atoms with Crippen molar-refractivity contribution in [2.75, 3.05) is 0 Å². The number of hydrogen-bond donors (Lipinski definition) is 0. The number of aryl methyl sites for hydroxylation is 1. The van der Waals surface area contributed by atoms with Gasteiger partial charge in [0, 0.05) is 0 Å². The first kappa shape index (κ1) is 25.4. The van der Waals surface area contributed by atoms with Crippen LogP contribution < -0.4 is 22.2 Å². The number of rotatable bonds is 4. The van der Waals surface area contributed by atoms with Gasteiger partial charge in [-0.25, -0.2) is 0 Å². The summed E-state index contributed by atoms with van der Waals surface area (Å²) in [5, 5.41) is 18.0. The molecule has 0 unspecified atom stereocenters. The van der Waals surface area contributed by atoms with Crippen LogP contribution in [0.2, 0.25) is 0 Å². The monoisotopic (exact) mass is 528 g/mol. The van der Waals surface area contributed by atoms with Crippen LogP contribution in [0, 0.1) is 29.6 Å². The lowest BCUT2D eigenvalue weighted by Gasteiger charge is -2.07. The molecule has 5 aromatic rings.